The molecule has 0 N–H and O–H groups in total. The molecule has 0 atom stereocenters. The highest BCUT2D eigenvalue weighted by Gasteiger charge is 2.23. The fraction of sp³-hybridized carbons (Fsp3) is 0. The summed E-state index contributed by atoms with van der Waals surface area (Å²) in [5, 5.41) is 7.68. The molecule has 0 saturated heterocycles. The van der Waals surface area contributed by atoms with Crippen LogP contribution in [0.1, 0.15) is 0 Å². The van der Waals surface area contributed by atoms with E-state index < -0.39 is 0 Å². The van der Waals surface area contributed by atoms with E-state index in [0.29, 0.717) is 0 Å². The van der Waals surface area contributed by atoms with E-state index in [1.165, 1.54) is 99.1 Å². The van der Waals surface area contributed by atoms with E-state index in [1.54, 1.807) is 0 Å². The number of rotatable bonds is 3. The van der Waals surface area contributed by atoms with Gasteiger partial charge in [-0.15, -0.1) is 0 Å². The highest BCUT2D eigenvalue weighted by Crippen LogP contribution is 2.50. The molecule has 0 unspecified atom stereocenters. The Kier molecular flexibility index (Phi) is 5.98. The lowest BCUT2D eigenvalue weighted by Crippen LogP contribution is -1.92. The lowest BCUT2D eigenvalue weighted by atomic mass is 9.84. The highest BCUT2D eigenvalue weighted by molar-refractivity contribution is 6.22. The van der Waals surface area contributed by atoms with Gasteiger partial charge in [0.05, 0.1) is 0 Å². The Morgan fingerprint density at radius 3 is 1.27 bits per heavy atom. The first-order valence-corrected chi connectivity index (χ1v) is 16.7. The van der Waals surface area contributed by atoms with Gasteiger partial charge in [0.25, 0.3) is 0 Å². The van der Waals surface area contributed by atoms with Crippen LogP contribution in [0, 0.1) is 0 Å². The van der Waals surface area contributed by atoms with Gasteiger partial charge in [0.15, 0.2) is 0 Å². The summed E-state index contributed by atoms with van der Waals surface area (Å²) >= 11 is 0. The maximum Gasteiger partial charge on any atom is -0.00261 e. The lowest BCUT2D eigenvalue weighted by Gasteiger charge is -2.19. The number of hydrogen-bond donors (Lipinski definition) is 0. The minimum atomic E-state index is 1.23. The molecule has 9 aromatic rings. The number of hydrogen-bond acceptors (Lipinski definition) is 0. The van der Waals surface area contributed by atoms with Crippen molar-refractivity contribution in [2.75, 3.05) is 0 Å². The second-order valence-electron chi connectivity index (χ2n) is 12.8. The Labute approximate surface area is 280 Å². The van der Waals surface area contributed by atoms with Crippen molar-refractivity contribution in [1.29, 1.82) is 0 Å². The first kappa shape index (κ1) is 26.9. The van der Waals surface area contributed by atoms with Crippen molar-refractivity contribution in [3.05, 3.63) is 182 Å². The van der Waals surface area contributed by atoms with Gasteiger partial charge in [0.1, 0.15) is 0 Å². The third-order valence-electron chi connectivity index (χ3n) is 10.2. The maximum absolute atomic E-state index is 2.45. The van der Waals surface area contributed by atoms with Gasteiger partial charge in [-0.2, -0.15) is 0 Å². The van der Waals surface area contributed by atoms with Crippen molar-refractivity contribution >= 4 is 32.3 Å². The van der Waals surface area contributed by atoms with Crippen LogP contribution in [-0.4, -0.2) is 0 Å². The molecule has 0 heterocycles. The zero-order valence-electron chi connectivity index (χ0n) is 26.3. The molecule has 0 radical (unpaired) electrons. The van der Waals surface area contributed by atoms with Crippen molar-refractivity contribution in [1.82, 2.24) is 0 Å². The number of fused-ring (bicyclic) bond motifs is 7. The van der Waals surface area contributed by atoms with Crippen LogP contribution >= 0.6 is 0 Å². The predicted octanol–water partition coefficient (Wildman–Crippen LogP) is 13.5. The normalized spacial score (nSPS) is 11.8. The predicted molar refractivity (Wildman–Crippen MR) is 205 cm³/mol. The first-order valence-electron chi connectivity index (χ1n) is 16.7. The Hall–Kier alpha value is -6.24. The van der Waals surface area contributed by atoms with E-state index in [2.05, 4.69) is 182 Å². The van der Waals surface area contributed by atoms with Crippen LogP contribution in [0.5, 0.6) is 0 Å². The van der Waals surface area contributed by atoms with Crippen LogP contribution in [0.2, 0.25) is 0 Å². The molecule has 1 aliphatic carbocycles. The highest BCUT2D eigenvalue weighted by atomic mass is 14.3. The van der Waals surface area contributed by atoms with Crippen molar-refractivity contribution in [2.45, 2.75) is 0 Å². The quantitative estimate of drug-likeness (QED) is 0.176. The van der Waals surface area contributed by atoms with Gasteiger partial charge in [-0.1, -0.05) is 176 Å². The van der Waals surface area contributed by atoms with Crippen molar-refractivity contribution in [3.8, 4) is 66.8 Å². The van der Waals surface area contributed by atoms with Crippen LogP contribution in [-0.2, 0) is 0 Å². The lowest BCUT2D eigenvalue weighted by molar-refractivity contribution is 1.60. The summed E-state index contributed by atoms with van der Waals surface area (Å²) in [6, 6.07) is 67.1. The van der Waals surface area contributed by atoms with Crippen LogP contribution in [0.4, 0.5) is 0 Å². The minimum Gasteiger partial charge on any atom is -0.0622 e. The molecule has 0 bridgehead atoms. The van der Waals surface area contributed by atoms with Gasteiger partial charge < -0.3 is 0 Å². The average molecular weight is 607 g/mol. The maximum atomic E-state index is 2.45. The molecule has 48 heavy (non-hydrogen) atoms. The zero-order chi connectivity index (χ0) is 31.6. The monoisotopic (exact) mass is 606 g/mol. The summed E-state index contributed by atoms with van der Waals surface area (Å²) in [7, 11) is 0. The topological polar surface area (TPSA) is 0 Å². The third kappa shape index (κ3) is 4.03. The molecule has 0 saturated carbocycles. The number of benzene rings is 9. The molecule has 0 spiro atoms. The molecular weight excluding hydrogens is 577 g/mol. The second kappa shape index (κ2) is 10.7. The van der Waals surface area contributed by atoms with Crippen LogP contribution < -0.4 is 0 Å². The Morgan fingerprint density at radius 2 is 0.646 bits per heavy atom. The zero-order valence-corrected chi connectivity index (χ0v) is 26.3. The van der Waals surface area contributed by atoms with E-state index in [0.717, 1.165) is 0 Å². The summed E-state index contributed by atoms with van der Waals surface area (Å²) in [5.41, 5.74) is 15.2. The summed E-state index contributed by atoms with van der Waals surface area (Å²) in [5.74, 6) is 0. The standard InChI is InChI=1S/C48H30/c1-2-12-31(13-3-1)32-24-26-34(27-25-32)47-40-18-6-8-20-42(40)48(43-21-9-7-19-41(43)47)35-28-29-38-36-16-4-5-17-37(36)39-22-10-14-33-15-11-23-44(46(33)39)45(38)30-35/h1-30H. The van der Waals surface area contributed by atoms with Gasteiger partial charge in [0.2, 0.25) is 0 Å². The molecule has 1 aliphatic rings. The third-order valence-corrected chi connectivity index (χ3v) is 10.2. The van der Waals surface area contributed by atoms with E-state index in [9.17, 15) is 0 Å². The summed E-state index contributed by atoms with van der Waals surface area (Å²) in [6.45, 7) is 0. The first-order chi connectivity index (χ1) is 23.8. The molecule has 9 aromatic carbocycles. The molecule has 0 nitrogen and oxygen atoms in total. The van der Waals surface area contributed by atoms with Gasteiger partial charge in [-0.25, -0.2) is 0 Å². The van der Waals surface area contributed by atoms with Gasteiger partial charge >= 0.3 is 0 Å². The van der Waals surface area contributed by atoms with E-state index in [-0.39, 0.29) is 0 Å². The Balaban J connectivity index is 1.24. The molecule has 0 amide bonds. The molecule has 10 rings (SSSR count). The second-order valence-corrected chi connectivity index (χ2v) is 12.8. The van der Waals surface area contributed by atoms with E-state index >= 15 is 0 Å². The summed E-state index contributed by atoms with van der Waals surface area (Å²) < 4.78 is 0. The summed E-state index contributed by atoms with van der Waals surface area (Å²) in [6.07, 6.45) is 0. The largest absolute Gasteiger partial charge is 0.0622 e. The molecule has 0 fully saturated rings. The van der Waals surface area contributed by atoms with Gasteiger partial charge in [-0.05, 0) is 105 Å². The molecule has 0 aromatic heterocycles. The molecule has 0 aliphatic heterocycles. The molecule has 222 valence electrons. The SMILES string of the molecule is c1ccc(-c2ccc(-c3c4ccccc4c(-c4ccc5c(c4)-c4cccc6cccc(c46)-c4ccccc4-5)c4ccccc34)cc2)cc1. The van der Waals surface area contributed by atoms with Crippen LogP contribution in [0.25, 0.3) is 99.1 Å². The Bertz CT molecular complexity index is 2630. The van der Waals surface area contributed by atoms with Gasteiger partial charge in [-0.3, -0.25) is 0 Å². The smallest absolute Gasteiger partial charge is 0.00261 e. The van der Waals surface area contributed by atoms with E-state index in [1.807, 2.05) is 0 Å². The van der Waals surface area contributed by atoms with Crippen molar-refractivity contribution in [2.24, 2.45) is 0 Å². The minimum absolute atomic E-state index is 1.23. The Morgan fingerprint density at radius 1 is 0.229 bits per heavy atom. The fourth-order valence-corrected chi connectivity index (χ4v) is 8.11. The van der Waals surface area contributed by atoms with Crippen molar-refractivity contribution in [3.63, 3.8) is 0 Å². The molecular formula is C48H30. The fourth-order valence-electron chi connectivity index (χ4n) is 8.11. The van der Waals surface area contributed by atoms with Crippen LogP contribution in [0.3, 0.4) is 0 Å². The summed E-state index contributed by atoms with van der Waals surface area (Å²) in [4.78, 5) is 0. The van der Waals surface area contributed by atoms with Crippen LogP contribution in [0.15, 0.2) is 182 Å². The van der Waals surface area contributed by atoms with E-state index in [4.69, 9.17) is 0 Å². The average Bonchev–Trinajstić information content (AvgIpc) is 3.28. The van der Waals surface area contributed by atoms with Crippen molar-refractivity contribution < 1.29 is 0 Å². The van der Waals surface area contributed by atoms with Gasteiger partial charge in [0, 0.05) is 0 Å². The molecule has 0 heteroatoms.